The Kier molecular flexibility index (Phi) is 2.03. The lowest BCUT2D eigenvalue weighted by Gasteiger charge is -2.33. The summed E-state index contributed by atoms with van der Waals surface area (Å²) in [6.07, 6.45) is 2.82. The number of carbonyl (C=O) groups is 1. The van der Waals surface area contributed by atoms with Crippen LogP contribution < -0.4 is 4.90 Å². The minimum absolute atomic E-state index is 0.0590. The second-order valence-corrected chi connectivity index (χ2v) is 6.40. The largest absolute Gasteiger partial charge is 0.313 e. The predicted octanol–water partition coefficient (Wildman–Crippen LogP) is 3.09. The van der Waals surface area contributed by atoms with Gasteiger partial charge >= 0.3 is 0 Å². The van der Waals surface area contributed by atoms with Crippen molar-refractivity contribution in [1.29, 1.82) is 0 Å². The zero-order valence-corrected chi connectivity index (χ0v) is 10.9. The van der Waals surface area contributed by atoms with Crippen molar-refractivity contribution in [3.05, 3.63) is 36.9 Å². The second-order valence-electron chi connectivity index (χ2n) is 5.06. The number of amides is 1. The van der Waals surface area contributed by atoms with Crippen LogP contribution in [0.3, 0.4) is 0 Å². The quantitative estimate of drug-likeness (QED) is 0.709. The van der Waals surface area contributed by atoms with Crippen molar-refractivity contribution in [2.24, 2.45) is 5.41 Å². The van der Waals surface area contributed by atoms with Crippen molar-refractivity contribution in [2.75, 3.05) is 11.9 Å². The summed E-state index contributed by atoms with van der Waals surface area (Å²) in [6.45, 7) is 5.99. The lowest BCUT2D eigenvalue weighted by Crippen LogP contribution is -2.42. The number of benzene rings is 1. The summed E-state index contributed by atoms with van der Waals surface area (Å²) < 4.78 is -0.308. The third kappa shape index (κ3) is 1.20. The summed E-state index contributed by atoms with van der Waals surface area (Å²) in [6, 6.07) is 8.09. The highest BCUT2D eigenvalue weighted by Crippen LogP contribution is 2.69. The van der Waals surface area contributed by atoms with E-state index in [2.05, 4.69) is 19.6 Å². The number of para-hydroxylation sites is 1. The fourth-order valence-electron chi connectivity index (χ4n) is 2.61. The Balaban J connectivity index is 2.10. The fraction of sp³-hybridized carbons (Fsp3) is 0.357. The minimum atomic E-state index is -0.308. The molecule has 2 atom stereocenters. The van der Waals surface area contributed by atoms with E-state index in [1.54, 1.807) is 16.7 Å². The molecule has 88 valence electrons. The Morgan fingerprint density at radius 3 is 2.82 bits per heavy atom. The molecule has 1 aromatic rings. The number of nitrogens with zero attached hydrogens (tertiary/aromatic N) is 1. The molecule has 2 aliphatic rings. The zero-order chi connectivity index (χ0) is 12.3. The van der Waals surface area contributed by atoms with Gasteiger partial charge in [-0.1, -0.05) is 25.1 Å². The maximum Gasteiger partial charge on any atom is 0.244 e. The van der Waals surface area contributed by atoms with Gasteiger partial charge in [0.15, 0.2) is 0 Å². The molecule has 0 saturated heterocycles. The Morgan fingerprint density at radius 2 is 2.18 bits per heavy atom. The molecule has 2 nitrogen and oxygen atoms in total. The van der Waals surface area contributed by atoms with Crippen molar-refractivity contribution in [1.82, 2.24) is 0 Å². The van der Waals surface area contributed by atoms with E-state index in [0.717, 1.165) is 12.1 Å². The number of hydrogen-bond donors (Lipinski definition) is 0. The first-order chi connectivity index (χ1) is 8.04. The van der Waals surface area contributed by atoms with E-state index < -0.39 is 0 Å². The average Bonchev–Trinajstić information content (AvgIpc) is 2.94. The normalized spacial score (nSPS) is 34.7. The first-order valence-electron chi connectivity index (χ1n) is 5.74. The first kappa shape index (κ1) is 10.9. The minimum Gasteiger partial charge on any atom is -0.313 e. The Labute approximate surface area is 106 Å². The molecule has 0 unspecified atom stereocenters. The van der Waals surface area contributed by atoms with Crippen LogP contribution in [0.4, 0.5) is 5.69 Å². The molecular weight excluding hydrogens is 230 g/mol. The van der Waals surface area contributed by atoms with Gasteiger partial charge in [0.2, 0.25) is 5.91 Å². The smallest absolute Gasteiger partial charge is 0.244 e. The van der Waals surface area contributed by atoms with Crippen LogP contribution in [0.5, 0.6) is 0 Å². The summed E-state index contributed by atoms with van der Waals surface area (Å²) >= 11 is 1.71. The van der Waals surface area contributed by atoms with E-state index in [-0.39, 0.29) is 16.1 Å². The van der Waals surface area contributed by atoms with Gasteiger partial charge in [-0.15, -0.1) is 18.3 Å². The monoisotopic (exact) mass is 245 g/mol. The van der Waals surface area contributed by atoms with Crippen LogP contribution in [0, 0.1) is 5.41 Å². The highest BCUT2D eigenvalue weighted by molar-refractivity contribution is 8.02. The van der Waals surface area contributed by atoms with Gasteiger partial charge in [-0.2, -0.15) is 0 Å². The van der Waals surface area contributed by atoms with Gasteiger partial charge in [0, 0.05) is 17.4 Å². The molecule has 1 spiro atoms. The highest BCUT2D eigenvalue weighted by atomic mass is 32.2. The summed E-state index contributed by atoms with van der Waals surface area (Å²) in [4.78, 5) is 15.5. The van der Waals surface area contributed by atoms with E-state index in [4.69, 9.17) is 0 Å². The Hall–Kier alpha value is -1.22. The number of thioether (sulfide) groups is 1. The molecule has 0 bridgehead atoms. The molecule has 0 aromatic heterocycles. The molecule has 0 radical (unpaired) electrons. The maximum atomic E-state index is 12.5. The van der Waals surface area contributed by atoms with Crippen molar-refractivity contribution in [2.45, 2.75) is 23.0 Å². The maximum absolute atomic E-state index is 12.5. The van der Waals surface area contributed by atoms with Crippen LogP contribution in [0.2, 0.25) is 0 Å². The topological polar surface area (TPSA) is 20.3 Å². The highest BCUT2D eigenvalue weighted by Gasteiger charge is 2.70. The van der Waals surface area contributed by atoms with Crippen LogP contribution in [0.1, 0.15) is 13.3 Å². The predicted molar refractivity (Wildman–Crippen MR) is 71.4 cm³/mol. The first-order valence-corrected chi connectivity index (χ1v) is 6.55. The van der Waals surface area contributed by atoms with Gasteiger partial charge in [0.25, 0.3) is 0 Å². The molecule has 1 amide bonds. The van der Waals surface area contributed by atoms with Gasteiger partial charge in [0.05, 0.1) is 5.69 Å². The molecule has 0 N–H and O–H groups in total. The summed E-state index contributed by atoms with van der Waals surface area (Å²) in [5, 5.41) is 0. The van der Waals surface area contributed by atoms with Gasteiger partial charge in [-0.3, -0.25) is 4.79 Å². The second kappa shape index (κ2) is 3.16. The van der Waals surface area contributed by atoms with Crippen LogP contribution in [-0.2, 0) is 4.79 Å². The Morgan fingerprint density at radius 1 is 1.47 bits per heavy atom. The lowest BCUT2D eigenvalue weighted by molar-refractivity contribution is -0.119. The number of rotatable bonds is 1. The van der Waals surface area contributed by atoms with E-state index in [1.807, 2.05) is 31.3 Å². The summed E-state index contributed by atoms with van der Waals surface area (Å²) in [5.74, 6) is 0.212. The summed E-state index contributed by atoms with van der Waals surface area (Å²) in [7, 11) is 1.87. The molecule has 1 fully saturated rings. The Bertz CT molecular complexity index is 527. The van der Waals surface area contributed by atoms with E-state index >= 15 is 0 Å². The van der Waals surface area contributed by atoms with Crippen molar-refractivity contribution in [3.8, 4) is 0 Å². The van der Waals surface area contributed by atoms with Crippen LogP contribution >= 0.6 is 11.8 Å². The third-order valence-corrected chi connectivity index (χ3v) is 5.72. The molecule has 3 rings (SSSR count). The van der Waals surface area contributed by atoms with E-state index in [0.29, 0.717) is 0 Å². The van der Waals surface area contributed by atoms with E-state index in [1.165, 1.54) is 4.90 Å². The molecular formula is C14H15NOS. The van der Waals surface area contributed by atoms with Crippen molar-refractivity contribution >= 4 is 23.4 Å². The number of carbonyl (C=O) groups excluding carboxylic acids is 1. The van der Waals surface area contributed by atoms with Gasteiger partial charge in [0.1, 0.15) is 4.75 Å². The van der Waals surface area contributed by atoms with Crippen LogP contribution in [-0.4, -0.2) is 17.7 Å². The zero-order valence-electron chi connectivity index (χ0n) is 10.1. The molecule has 1 heterocycles. The number of fused-ring (bicyclic) bond motifs is 1. The SMILES string of the molecule is C=C[C@]1(C)C[C@]12Sc1ccccc1N(C)C2=O. The molecule has 1 aliphatic heterocycles. The molecule has 1 aromatic carbocycles. The number of anilines is 1. The molecule has 1 saturated carbocycles. The van der Waals surface area contributed by atoms with Gasteiger partial charge in [-0.25, -0.2) is 0 Å². The van der Waals surface area contributed by atoms with Crippen LogP contribution in [0.15, 0.2) is 41.8 Å². The van der Waals surface area contributed by atoms with Crippen molar-refractivity contribution < 1.29 is 4.79 Å². The molecule has 1 aliphatic carbocycles. The molecule has 3 heteroatoms. The fourth-order valence-corrected chi connectivity index (χ4v) is 4.36. The van der Waals surface area contributed by atoms with E-state index in [9.17, 15) is 4.79 Å². The van der Waals surface area contributed by atoms with Gasteiger partial charge < -0.3 is 4.90 Å². The number of allylic oxidation sites excluding steroid dienone is 1. The van der Waals surface area contributed by atoms with Gasteiger partial charge in [-0.05, 0) is 18.6 Å². The third-order valence-electron chi connectivity index (χ3n) is 4.03. The molecule has 17 heavy (non-hydrogen) atoms. The number of hydrogen-bond acceptors (Lipinski definition) is 2. The van der Waals surface area contributed by atoms with Crippen LogP contribution in [0.25, 0.3) is 0 Å². The average molecular weight is 245 g/mol. The lowest BCUT2D eigenvalue weighted by atomic mass is 10.1. The summed E-state index contributed by atoms with van der Waals surface area (Å²) in [5.41, 5.74) is 0.961. The standard InChI is InChI=1S/C14H15NOS/c1-4-13(2)9-14(13)12(16)15(3)10-7-5-6-8-11(10)17-14/h4-8H,1,9H2,2-3H3/t13-,14-/m1/s1. The van der Waals surface area contributed by atoms with Crippen molar-refractivity contribution in [3.63, 3.8) is 0 Å².